The van der Waals surface area contributed by atoms with Gasteiger partial charge in [-0.1, -0.05) is 96.5 Å². The third-order valence-corrected chi connectivity index (χ3v) is 10.9. The lowest BCUT2D eigenvalue weighted by Gasteiger charge is -2.28. The Bertz CT molecular complexity index is 1240. The van der Waals surface area contributed by atoms with E-state index in [1.165, 1.54) is 15.9 Å². The average molecular weight is 503 g/mol. The van der Waals surface area contributed by atoms with Gasteiger partial charge in [-0.05, 0) is 36.4 Å². The topological polar surface area (TPSA) is 17.8 Å². The van der Waals surface area contributed by atoms with Crippen LogP contribution in [0, 0.1) is 0 Å². The minimum Gasteiger partial charge on any atom is -1.00 e. The summed E-state index contributed by atoms with van der Waals surface area (Å²) in [6.07, 6.45) is 0.794. The first-order valence-electron chi connectivity index (χ1n) is 11.0. The molecule has 0 radical (unpaired) electrons. The van der Waals surface area contributed by atoms with Crippen molar-refractivity contribution in [3.8, 4) is 11.3 Å². The van der Waals surface area contributed by atoms with E-state index in [0.29, 0.717) is 5.15 Å². The zero-order valence-corrected chi connectivity index (χ0v) is 21.3. The number of hydrogen-bond acceptors (Lipinski definition) is 1. The van der Waals surface area contributed by atoms with Crippen LogP contribution in [0.25, 0.3) is 11.3 Å². The van der Waals surface area contributed by atoms with Gasteiger partial charge in [0.05, 0.1) is 5.56 Å². The van der Waals surface area contributed by atoms with Gasteiger partial charge in [0.1, 0.15) is 40.2 Å². The minimum absolute atomic E-state index is 0. The summed E-state index contributed by atoms with van der Waals surface area (Å²) < 4.78 is 1.80. The zero-order valence-electron chi connectivity index (χ0n) is 18.9. The molecule has 4 aromatic carbocycles. The van der Waals surface area contributed by atoms with Crippen molar-refractivity contribution in [3.63, 3.8) is 0 Å². The molecule has 0 fully saturated rings. The van der Waals surface area contributed by atoms with E-state index in [9.17, 15) is 0 Å². The van der Waals surface area contributed by atoms with Crippen LogP contribution in [0.2, 0.25) is 5.15 Å². The van der Waals surface area contributed by atoms with Gasteiger partial charge in [-0.25, -0.2) is 0 Å². The number of aromatic nitrogens is 2. The van der Waals surface area contributed by atoms with Crippen molar-refractivity contribution < 1.29 is 12.4 Å². The largest absolute Gasteiger partial charge is 1.00 e. The highest BCUT2D eigenvalue weighted by Gasteiger charge is 2.47. The second kappa shape index (κ2) is 10.6. The Kier molecular flexibility index (Phi) is 7.54. The molecule has 0 aliphatic rings. The lowest BCUT2D eigenvalue weighted by atomic mass is 10.1. The second-order valence-electron chi connectivity index (χ2n) is 8.08. The summed E-state index contributed by atoms with van der Waals surface area (Å²) in [4.78, 5) is 0. The molecule has 1 aromatic heterocycles. The third-order valence-electron chi connectivity index (χ3n) is 6.10. The number of benzene rings is 4. The van der Waals surface area contributed by atoms with E-state index in [2.05, 4.69) is 115 Å². The molecule has 34 heavy (non-hydrogen) atoms. The first-order chi connectivity index (χ1) is 16.2. The number of hydrogen-bond donors (Lipinski definition) is 0. The Hall–Kier alpha value is -2.90. The van der Waals surface area contributed by atoms with Crippen LogP contribution in [0.3, 0.4) is 0 Å². The van der Waals surface area contributed by atoms with Crippen molar-refractivity contribution in [2.45, 2.75) is 6.16 Å². The van der Waals surface area contributed by atoms with Gasteiger partial charge in [-0.15, -0.1) is 0 Å². The molecular formula is C29H25Cl2N2P. The number of rotatable bonds is 6. The smallest absolute Gasteiger partial charge is 0.134 e. The highest BCUT2D eigenvalue weighted by Crippen LogP contribution is 2.59. The number of aryl methyl sites for hydroxylation is 1. The van der Waals surface area contributed by atoms with E-state index < -0.39 is 7.26 Å². The van der Waals surface area contributed by atoms with E-state index in [1.807, 2.05) is 13.1 Å². The van der Waals surface area contributed by atoms with Crippen LogP contribution in [0.5, 0.6) is 0 Å². The van der Waals surface area contributed by atoms with Crippen LogP contribution in [-0.4, -0.2) is 9.78 Å². The Labute approximate surface area is 213 Å². The minimum atomic E-state index is -2.07. The molecule has 0 spiro atoms. The number of halogens is 2. The Morgan fingerprint density at radius 3 is 1.44 bits per heavy atom. The van der Waals surface area contributed by atoms with E-state index in [0.717, 1.165) is 23.0 Å². The molecule has 0 unspecified atom stereocenters. The summed E-state index contributed by atoms with van der Waals surface area (Å²) in [5, 5.41) is 9.55. The van der Waals surface area contributed by atoms with E-state index in [4.69, 9.17) is 16.7 Å². The van der Waals surface area contributed by atoms with Gasteiger partial charge >= 0.3 is 0 Å². The molecule has 5 aromatic rings. The maximum atomic E-state index is 6.95. The monoisotopic (exact) mass is 502 g/mol. The summed E-state index contributed by atoms with van der Waals surface area (Å²) in [6.45, 7) is 0. The van der Waals surface area contributed by atoms with E-state index in [1.54, 1.807) is 4.68 Å². The van der Waals surface area contributed by atoms with Crippen LogP contribution >= 0.6 is 18.9 Å². The molecule has 0 atom stereocenters. The summed E-state index contributed by atoms with van der Waals surface area (Å²) >= 11 is 6.95. The highest BCUT2D eigenvalue weighted by atomic mass is 35.5. The van der Waals surface area contributed by atoms with Crippen LogP contribution in [0.15, 0.2) is 121 Å². The predicted octanol–water partition coefficient (Wildman–Crippen LogP) is 3.24. The molecule has 0 saturated carbocycles. The fourth-order valence-electron chi connectivity index (χ4n) is 4.52. The van der Waals surface area contributed by atoms with Gasteiger partial charge in [0.25, 0.3) is 0 Å². The highest BCUT2D eigenvalue weighted by molar-refractivity contribution is 7.95. The first-order valence-corrected chi connectivity index (χ1v) is 13.4. The molecule has 0 N–H and O–H groups in total. The molecule has 170 valence electrons. The average Bonchev–Trinajstić information content (AvgIpc) is 3.17. The summed E-state index contributed by atoms with van der Waals surface area (Å²) in [6, 6.07) is 43.0. The Morgan fingerprint density at radius 2 is 1.03 bits per heavy atom. The van der Waals surface area contributed by atoms with Crippen molar-refractivity contribution in [2.24, 2.45) is 7.05 Å². The molecule has 1 heterocycles. The van der Waals surface area contributed by atoms with Crippen molar-refractivity contribution >= 4 is 34.8 Å². The second-order valence-corrected chi connectivity index (χ2v) is 11.9. The Balaban J connectivity index is 0.00000274. The molecule has 5 heteroatoms. The molecule has 2 nitrogen and oxygen atoms in total. The van der Waals surface area contributed by atoms with Gasteiger partial charge in [-0.2, -0.15) is 5.10 Å². The van der Waals surface area contributed by atoms with Crippen molar-refractivity contribution in [1.29, 1.82) is 0 Å². The van der Waals surface area contributed by atoms with Crippen molar-refractivity contribution in [1.82, 2.24) is 9.78 Å². The SMILES string of the molecule is Cn1nc(-c2ccccc2)c(C[P+](c2ccccc2)(c2ccccc2)c2ccccc2)c1Cl.[Cl-]. The lowest BCUT2D eigenvalue weighted by molar-refractivity contribution is -0.00000644. The normalized spacial score (nSPS) is 11.1. The standard InChI is InChI=1S/C29H25ClN2P.ClH/c1-32-29(30)27(28(31-32)23-14-6-2-7-15-23)22-33(24-16-8-3-9-17-24,25-18-10-4-11-19-25)26-20-12-5-13-21-26;/h2-21H,22H2,1H3;1H/q+1;/p-1. The Morgan fingerprint density at radius 1 is 0.647 bits per heavy atom. The van der Waals surface area contributed by atoms with E-state index in [-0.39, 0.29) is 12.4 Å². The molecule has 0 amide bonds. The van der Waals surface area contributed by atoms with Crippen molar-refractivity contribution in [2.75, 3.05) is 0 Å². The summed E-state index contributed by atoms with van der Waals surface area (Å²) in [7, 11) is -0.151. The predicted molar refractivity (Wildman–Crippen MR) is 143 cm³/mol. The summed E-state index contributed by atoms with van der Waals surface area (Å²) in [5.74, 6) is 0. The van der Waals surface area contributed by atoms with Crippen LogP contribution in [0.1, 0.15) is 5.56 Å². The fourth-order valence-corrected chi connectivity index (χ4v) is 9.07. The fraction of sp³-hybridized carbons (Fsp3) is 0.0690. The first kappa shape index (κ1) is 24.2. The van der Waals surface area contributed by atoms with Gasteiger partial charge in [0.2, 0.25) is 0 Å². The maximum absolute atomic E-state index is 6.95. The van der Waals surface area contributed by atoms with Gasteiger partial charge in [0.15, 0.2) is 0 Å². The number of nitrogens with zero attached hydrogens (tertiary/aromatic N) is 2. The third kappa shape index (κ3) is 4.42. The lowest BCUT2D eigenvalue weighted by Crippen LogP contribution is -3.00. The molecule has 0 aliphatic heterocycles. The molecule has 0 saturated heterocycles. The zero-order chi connectivity index (χ0) is 22.7. The molecule has 5 rings (SSSR count). The van der Waals surface area contributed by atoms with Crippen LogP contribution in [-0.2, 0) is 13.2 Å². The van der Waals surface area contributed by atoms with Crippen LogP contribution < -0.4 is 28.3 Å². The van der Waals surface area contributed by atoms with Gasteiger partial charge < -0.3 is 12.4 Å². The quantitative estimate of drug-likeness (QED) is 0.326. The van der Waals surface area contributed by atoms with Crippen LogP contribution in [0.4, 0.5) is 0 Å². The molecule has 0 bridgehead atoms. The molecule has 0 aliphatic carbocycles. The van der Waals surface area contributed by atoms with E-state index >= 15 is 0 Å². The molecular weight excluding hydrogens is 478 g/mol. The van der Waals surface area contributed by atoms with Gasteiger partial charge in [-0.3, -0.25) is 4.68 Å². The van der Waals surface area contributed by atoms with Crippen molar-refractivity contribution in [3.05, 3.63) is 132 Å². The summed E-state index contributed by atoms with van der Waals surface area (Å²) in [5.41, 5.74) is 3.13. The maximum Gasteiger partial charge on any atom is 0.134 e. The van der Waals surface area contributed by atoms with Gasteiger partial charge in [0, 0.05) is 12.6 Å².